The average Bonchev–Trinajstić information content (AvgIpc) is 2.33. The molecule has 12 heteroatoms. The molecule has 0 N–H and O–H groups in total. The fraction of sp³-hybridized carbons (Fsp3) is 0.750. The fourth-order valence-electron chi connectivity index (χ4n) is 1.25. The number of carbonyl (C=O) groups is 1. The monoisotopic (exact) mass is 378 g/mol. The minimum absolute atomic E-state index is 0.433. The topological polar surface area (TPSA) is 26.3 Å². The first-order valence-corrected chi connectivity index (χ1v) is 6.14. The molecule has 0 aromatic heterocycles. The van der Waals surface area contributed by atoms with Crippen LogP contribution >= 0.6 is 0 Å². The van der Waals surface area contributed by atoms with Crippen molar-refractivity contribution >= 4 is 5.97 Å². The molecular weight excluding hydrogens is 366 g/mol. The number of carbonyl (C=O) groups excluding carboxylic acids is 1. The number of hydrogen-bond donors (Lipinski definition) is 0. The predicted molar refractivity (Wildman–Crippen MR) is 60.5 cm³/mol. The molecule has 0 aromatic rings. The first kappa shape index (κ1) is 22.5. The lowest BCUT2D eigenvalue weighted by Gasteiger charge is -2.29. The van der Waals surface area contributed by atoms with Gasteiger partial charge in [0, 0.05) is 18.4 Å². The van der Waals surface area contributed by atoms with Gasteiger partial charge < -0.3 is 4.74 Å². The van der Waals surface area contributed by atoms with Crippen molar-refractivity contribution in [2.45, 2.75) is 56.5 Å². The third-order valence-corrected chi connectivity index (χ3v) is 2.70. The molecule has 0 spiro atoms. The van der Waals surface area contributed by atoms with Crippen LogP contribution in [0.5, 0.6) is 0 Å². The van der Waals surface area contributed by atoms with Crippen molar-refractivity contribution in [2.24, 2.45) is 0 Å². The van der Waals surface area contributed by atoms with Crippen molar-refractivity contribution < 1.29 is 53.4 Å². The summed E-state index contributed by atoms with van der Waals surface area (Å²) in [6.07, 6.45) is -17.0. The Kier molecular flexibility index (Phi) is 6.73. The molecule has 24 heavy (non-hydrogen) atoms. The van der Waals surface area contributed by atoms with Crippen LogP contribution < -0.4 is 0 Å². The van der Waals surface area contributed by atoms with Crippen LogP contribution in [0.2, 0.25) is 0 Å². The summed E-state index contributed by atoms with van der Waals surface area (Å²) in [4.78, 5) is 10.8. The van der Waals surface area contributed by atoms with E-state index >= 15 is 0 Å². The summed E-state index contributed by atoms with van der Waals surface area (Å²) in [7, 11) is 0. The van der Waals surface area contributed by atoms with Gasteiger partial charge in [-0.15, -0.1) is 0 Å². The maximum Gasteiger partial charge on any atom is 0.453 e. The highest BCUT2D eigenvalue weighted by molar-refractivity contribution is 5.86. The number of halogens is 10. The maximum absolute atomic E-state index is 13.2. The average molecular weight is 378 g/mol. The maximum atomic E-state index is 13.2. The van der Waals surface area contributed by atoms with E-state index in [1.54, 1.807) is 0 Å². The Labute approximate surface area is 129 Å². The Bertz CT molecular complexity index is 469. The van der Waals surface area contributed by atoms with Crippen LogP contribution in [-0.4, -0.2) is 36.3 Å². The van der Waals surface area contributed by atoms with E-state index in [1.807, 2.05) is 0 Å². The molecule has 0 aliphatic heterocycles. The number of esters is 1. The minimum Gasteiger partial charge on any atom is -0.428 e. The van der Waals surface area contributed by atoms with E-state index in [9.17, 15) is 48.7 Å². The van der Waals surface area contributed by atoms with Crippen LogP contribution in [-0.2, 0) is 9.53 Å². The molecule has 0 saturated heterocycles. The van der Waals surface area contributed by atoms with Crippen molar-refractivity contribution in [2.75, 3.05) is 0 Å². The molecule has 2 nitrogen and oxygen atoms in total. The normalized spacial score (nSPS) is 15.1. The summed E-state index contributed by atoms with van der Waals surface area (Å²) in [6.45, 7) is 3.97. The molecule has 142 valence electrons. The molecule has 0 rings (SSSR count). The van der Waals surface area contributed by atoms with Gasteiger partial charge in [-0.25, -0.2) is 9.18 Å². The van der Waals surface area contributed by atoms with Crippen LogP contribution in [0.1, 0.15) is 26.2 Å². The Morgan fingerprint density at radius 2 is 1.33 bits per heavy atom. The Hall–Kier alpha value is -1.49. The smallest absolute Gasteiger partial charge is 0.428 e. The standard InChI is InChI=1S/C12H12F10O2/c1-6(2)8(23)24-7(13)5-11(18,19)9(14,15)3-4-10(16,17)12(20,21)22/h7H,1,3-5H2,2H3. The number of rotatable bonds is 8. The second kappa shape index (κ2) is 7.18. The summed E-state index contributed by atoms with van der Waals surface area (Å²) in [5, 5.41) is 0. The lowest BCUT2D eigenvalue weighted by Crippen LogP contribution is -2.45. The van der Waals surface area contributed by atoms with Gasteiger partial charge in [0.15, 0.2) is 0 Å². The van der Waals surface area contributed by atoms with Crippen LogP contribution in [0, 0.1) is 0 Å². The molecule has 0 saturated carbocycles. The zero-order chi connectivity index (χ0) is 19.6. The fourth-order valence-corrected chi connectivity index (χ4v) is 1.25. The number of ether oxygens (including phenoxy) is 1. The largest absolute Gasteiger partial charge is 0.453 e. The molecule has 0 aromatic carbocycles. The molecule has 0 aliphatic rings. The third-order valence-electron chi connectivity index (χ3n) is 2.70. The zero-order valence-corrected chi connectivity index (χ0v) is 12.0. The molecule has 1 atom stereocenters. The molecule has 0 heterocycles. The summed E-state index contributed by atoms with van der Waals surface area (Å²) in [5.41, 5.74) is -0.433. The highest BCUT2D eigenvalue weighted by Crippen LogP contribution is 2.46. The van der Waals surface area contributed by atoms with Gasteiger partial charge in [0.05, 0.1) is 6.42 Å². The minimum atomic E-state index is -6.20. The van der Waals surface area contributed by atoms with Crippen LogP contribution in [0.15, 0.2) is 12.2 Å². The lowest BCUT2D eigenvalue weighted by atomic mass is 10.0. The van der Waals surface area contributed by atoms with Gasteiger partial charge in [0.1, 0.15) is 0 Å². The van der Waals surface area contributed by atoms with Crippen molar-refractivity contribution in [3.05, 3.63) is 12.2 Å². The highest BCUT2D eigenvalue weighted by atomic mass is 19.4. The van der Waals surface area contributed by atoms with Gasteiger partial charge in [0.25, 0.3) is 0 Å². The van der Waals surface area contributed by atoms with Crippen LogP contribution in [0.25, 0.3) is 0 Å². The van der Waals surface area contributed by atoms with Gasteiger partial charge in [-0.1, -0.05) is 6.58 Å². The third kappa shape index (κ3) is 5.86. The van der Waals surface area contributed by atoms with Crippen molar-refractivity contribution in [1.82, 2.24) is 0 Å². The van der Waals surface area contributed by atoms with E-state index in [1.165, 1.54) is 0 Å². The van der Waals surface area contributed by atoms with E-state index in [-0.39, 0.29) is 0 Å². The van der Waals surface area contributed by atoms with Crippen molar-refractivity contribution in [3.63, 3.8) is 0 Å². The van der Waals surface area contributed by atoms with Gasteiger partial charge in [-0.3, -0.25) is 0 Å². The Balaban J connectivity index is 4.93. The van der Waals surface area contributed by atoms with E-state index in [0.717, 1.165) is 6.92 Å². The molecule has 1 unspecified atom stereocenters. The second-order valence-electron chi connectivity index (χ2n) is 4.91. The first-order valence-electron chi connectivity index (χ1n) is 6.14. The lowest BCUT2D eigenvalue weighted by molar-refractivity contribution is -0.295. The summed E-state index contributed by atoms with van der Waals surface area (Å²) in [5.74, 6) is -17.8. The van der Waals surface area contributed by atoms with Gasteiger partial charge >= 0.3 is 29.9 Å². The predicted octanol–water partition coefficient (Wildman–Crippen LogP) is 5.04. The van der Waals surface area contributed by atoms with Crippen LogP contribution in [0.3, 0.4) is 0 Å². The van der Waals surface area contributed by atoms with E-state index < -0.39 is 61.1 Å². The van der Waals surface area contributed by atoms with Gasteiger partial charge in [-0.05, 0) is 6.92 Å². The van der Waals surface area contributed by atoms with Gasteiger partial charge in [0.2, 0.25) is 6.36 Å². The molecular formula is C12H12F10O2. The number of alkyl halides is 10. The zero-order valence-electron chi connectivity index (χ0n) is 12.0. The molecule has 0 aliphatic carbocycles. The number of hydrogen-bond acceptors (Lipinski definition) is 2. The molecule has 0 amide bonds. The van der Waals surface area contributed by atoms with Crippen molar-refractivity contribution in [3.8, 4) is 0 Å². The first-order chi connectivity index (χ1) is 10.4. The quantitative estimate of drug-likeness (QED) is 0.336. The van der Waals surface area contributed by atoms with Crippen molar-refractivity contribution in [1.29, 1.82) is 0 Å². The molecule has 0 radical (unpaired) electrons. The summed E-state index contributed by atoms with van der Waals surface area (Å²) in [6, 6.07) is 0. The molecule has 0 fully saturated rings. The summed E-state index contributed by atoms with van der Waals surface area (Å²) < 4.78 is 130. The Morgan fingerprint density at radius 1 is 0.917 bits per heavy atom. The highest BCUT2D eigenvalue weighted by Gasteiger charge is 2.62. The van der Waals surface area contributed by atoms with Gasteiger partial charge in [-0.2, -0.15) is 39.5 Å². The second-order valence-corrected chi connectivity index (χ2v) is 4.91. The summed E-state index contributed by atoms with van der Waals surface area (Å²) >= 11 is 0. The van der Waals surface area contributed by atoms with E-state index in [0.29, 0.717) is 0 Å². The van der Waals surface area contributed by atoms with E-state index in [4.69, 9.17) is 0 Å². The van der Waals surface area contributed by atoms with E-state index in [2.05, 4.69) is 11.3 Å². The molecule has 0 bridgehead atoms. The Morgan fingerprint density at radius 3 is 1.71 bits per heavy atom. The SMILES string of the molecule is C=C(C)C(=O)OC(F)CC(F)(F)C(F)(F)CCC(F)(F)C(F)(F)F. The van der Waals surface area contributed by atoms with Crippen LogP contribution in [0.4, 0.5) is 43.9 Å².